The van der Waals surface area contributed by atoms with Gasteiger partial charge in [0, 0.05) is 11.8 Å². The van der Waals surface area contributed by atoms with Crippen LogP contribution in [0, 0.1) is 6.92 Å². The average molecular weight is 222 g/mol. The summed E-state index contributed by atoms with van der Waals surface area (Å²) in [6, 6.07) is 0. The summed E-state index contributed by atoms with van der Waals surface area (Å²) in [7, 11) is 0. The number of aromatic nitrogens is 2. The first-order valence-corrected chi connectivity index (χ1v) is 5.27. The highest BCUT2D eigenvalue weighted by Gasteiger charge is 2.20. The van der Waals surface area contributed by atoms with Gasteiger partial charge in [-0.3, -0.25) is 14.3 Å². The van der Waals surface area contributed by atoms with Gasteiger partial charge in [0.25, 0.3) is 5.56 Å². The molecule has 2 heterocycles. The molecule has 1 aliphatic heterocycles. The maximum Gasteiger partial charge on any atom is 0.330 e. The third kappa shape index (κ3) is 1.86. The Balaban J connectivity index is 2.36. The van der Waals surface area contributed by atoms with Crippen LogP contribution in [0.15, 0.2) is 27.9 Å². The zero-order valence-corrected chi connectivity index (χ0v) is 9.27. The van der Waals surface area contributed by atoms with Crippen molar-refractivity contribution in [3.8, 4) is 0 Å². The first-order valence-electron chi connectivity index (χ1n) is 5.27. The van der Waals surface area contributed by atoms with Crippen LogP contribution in [0.25, 0.3) is 0 Å². The molecule has 0 radical (unpaired) electrons. The van der Waals surface area contributed by atoms with Crippen molar-refractivity contribution in [1.82, 2.24) is 9.55 Å². The molecule has 0 aliphatic carbocycles. The Bertz CT molecular complexity index is 527. The van der Waals surface area contributed by atoms with Gasteiger partial charge in [-0.2, -0.15) is 0 Å². The predicted octanol–water partition coefficient (Wildman–Crippen LogP) is 0.709. The summed E-state index contributed by atoms with van der Waals surface area (Å²) in [6.07, 6.45) is 5.78. The van der Waals surface area contributed by atoms with Gasteiger partial charge in [-0.15, -0.1) is 0 Å². The summed E-state index contributed by atoms with van der Waals surface area (Å²) in [5, 5.41) is 0. The number of hydrogen-bond acceptors (Lipinski definition) is 3. The van der Waals surface area contributed by atoms with Gasteiger partial charge in [-0.25, -0.2) is 4.79 Å². The first kappa shape index (κ1) is 10.9. The Morgan fingerprint density at radius 1 is 1.44 bits per heavy atom. The molecule has 0 spiro atoms. The maximum atomic E-state index is 11.6. The standard InChI is InChI=1S/C11H14N2O3/c1-3-8-4-5-9(16-8)13-6-7(2)10(14)12-11(13)15/h4-6,8-9H,3H2,1-2H3,(H,12,14,15)/t8?,9-/m1/s1. The first-order chi connectivity index (χ1) is 7.61. The molecule has 0 bridgehead atoms. The fourth-order valence-electron chi connectivity index (χ4n) is 1.65. The molecule has 0 saturated carbocycles. The van der Waals surface area contributed by atoms with E-state index in [0.717, 1.165) is 6.42 Å². The van der Waals surface area contributed by atoms with Gasteiger partial charge in [0.15, 0.2) is 6.23 Å². The Kier molecular flexibility index (Phi) is 2.78. The minimum Gasteiger partial charge on any atom is -0.347 e. The van der Waals surface area contributed by atoms with Crippen molar-refractivity contribution < 1.29 is 4.74 Å². The number of nitrogens with one attached hydrogen (secondary N) is 1. The fraction of sp³-hybridized carbons (Fsp3) is 0.455. The molecule has 16 heavy (non-hydrogen) atoms. The van der Waals surface area contributed by atoms with Gasteiger partial charge in [-0.1, -0.05) is 13.0 Å². The van der Waals surface area contributed by atoms with Crippen molar-refractivity contribution in [2.75, 3.05) is 0 Å². The van der Waals surface area contributed by atoms with Gasteiger partial charge < -0.3 is 4.74 Å². The van der Waals surface area contributed by atoms with E-state index < -0.39 is 11.9 Å². The number of rotatable bonds is 2. The lowest BCUT2D eigenvalue weighted by molar-refractivity contribution is 0.0139. The molecule has 1 aliphatic rings. The van der Waals surface area contributed by atoms with E-state index in [1.807, 2.05) is 19.1 Å². The van der Waals surface area contributed by atoms with Crippen molar-refractivity contribution in [1.29, 1.82) is 0 Å². The minimum atomic E-state index is -0.443. The van der Waals surface area contributed by atoms with Crippen molar-refractivity contribution in [3.63, 3.8) is 0 Å². The van der Waals surface area contributed by atoms with Crippen LogP contribution in [0.1, 0.15) is 25.1 Å². The lowest BCUT2D eigenvalue weighted by atomic mass is 10.3. The molecule has 0 amide bonds. The molecule has 1 N–H and O–H groups in total. The number of aromatic amines is 1. The molecule has 2 rings (SSSR count). The Morgan fingerprint density at radius 3 is 2.81 bits per heavy atom. The fourth-order valence-corrected chi connectivity index (χ4v) is 1.65. The SMILES string of the molecule is CCC1C=C[C@H](n2cc(C)c(=O)[nH]c2=O)O1. The number of hydrogen-bond donors (Lipinski definition) is 1. The molecule has 1 unspecified atom stereocenters. The van der Waals surface area contributed by atoms with Gasteiger partial charge in [0.1, 0.15) is 0 Å². The number of aryl methyl sites for hydroxylation is 1. The molecule has 0 aromatic carbocycles. The Morgan fingerprint density at radius 2 is 2.19 bits per heavy atom. The highest BCUT2D eigenvalue weighted by molar-refractivity contribution is 5.06. The van der Waals surface area contributed by atoms with Crippen molar-refractivity contribution in [3.05, 3.63) is 44.8 Å². The van der Waals surface area contributed by atoms with Crippen molar-refractivity contribution in [2.45, 2.75) is 32.6 Å². The van der Waals surface area contributed by atoms with Gasteiger partial charge in [0.05, 0.1) is 6.10 Å². The van der Waals surface area contributed by atoms with Gasteiger partial charge >= 0.3 is 5.69 Å². The zero-order chi connectivity index (χ0) is 11.7. The maximum absolute atomic E-state index is 11.6. The lowest BCUT2D eigenvalue weighted by Gasteiger charge is -2.15. The van der Waals surface area contributed by atoms with Crippen LogP contribution in [0.4, 0.5) is 0 Å². The third-order valence-electron chi connectivity index (χ3n) is 2.63. The zero-order valence-electron chi connectivity index (χ0n) is 9.27. The van der Waals surface area contributed by atoms with E-state index in [0.29, 0.717) is 5.56 Å². The Hall–Kier alpha value is -1.62. The molecular formula is C11H14N2O3. The lowest BCUT2D eigenvalue weighted by Crippen LogP contribution is -2.33. The quantitative estimate of drug-likeness (QED) is 0.749. The van der Waals surface area contributed by atoms with E-state index >= 15 is 0 Å². The molecule has 5 nitrogen and oxygen atoms in total. The van der Waals surface area contributed by atoms with E-state index in [1.165, 1.54) is 10.8 Å². The number of H-pyrrole nitrogens is 1. The highest BCUT2D eigenvalue weighted by atomic mass is 16.5. The topological polar surface area (TPSA) is 64.1 Å². The number of ether oxygens (including phenoxy) is 1. The smallest absolute Gasteiger partial charge is 0.330 e. The highest BCUT2D eigenvalue weighted by Crippen LogP contribution is 2.20. The summed E-state index contributed by atoms with van der Waals surface area (Å²) < 4.78 is 6.99. The van der Waals surface area contributed by atoms with Crippen LogP contribution in [0.2, 0.25) is 0 Å². The molecule has 1 aromatic heterocycles. The monoisotopic (exact) mass is 222 g/mol. The Labute approximate surface area is 92.4 Å². The van der Waals surface area contributed by atoms with Gasteiger partial charge in [0.2, 0.25) is 0 Å². The van der Waals surface area contributed by atoms with E-state index in [1.54, 1.807) is 6.92 Å². The summed E-state index contributed by atoms with van der Waals surface area (Å²) in [5.41, 5.74) is -0.297. The van der Waals surface area contributed by atoms with Crippen molar-refractivity contribution in [2.24, 2.45) is 0 Å². The molecule has 86 valence electrons. The van der Waals surface area contributed by atoms with Gasteiger partial charge in [-0.05, 0) is 19.4 Å². The largest absolute Gasteiger partial charge is 0.347 e. The second kappa shape index (κ2) is 4.09. The molecule has 0 fully saturated rings. The molecular weight excluding hydrogens is 208 g/mol. The van der Waals surface area contributed by atoms with Crippen LogP contribution >= 0.6 is 0 Å². The summed E-state index contributed by atoms with van der Waals surface area (Å²) >= 11 is 0. The van der Waals surface area contributed by atoms with Crippen molar-refractivity contribution >= 4 is 0 Å². The second-order valence-electron chi connectivity index (χ2n) is 3.84. The van der Waals surface area contributed by atoms with Crippen LogP contribution in [-0.4, -0.2) is 15.7 Å². The normalized spacial score (nSPS) is 23.9. The van der Waals surface area contributed by atoms with E-state index in [9.17, 15) is 9.59 Å². The summed E-state index contributed by atoms with van der Waals surface area (Å²) in [5.74, 6) is 0. The average Bonchev–Trinajstić information content (AvgIpc) is 2.71. The molecule has 5 heteroatoms. The third-order valence-corrected chi connectivity index (χ3v) is 2.63. The summed E-state index contributed by atoms with van der Waals surface area (Å²) in [6.45, 7) is 3.67. The molecule has 2 atom stereocenters. The van der Waals surface area contributed by atoms with Crippen LogP contribution < -0.4 is 11.2 Å². The molecule has 1 aromatic rings. The number of nitrogens with zero attached hydrogens (tertiary/aromatic N) is 1. The van der Waals surface area contributed by atoms with Crippen LogP contribution in [-0.2, 0) is 4.74 Å². The second-order valence-corrected chi connectivity index (χ2v) is 3.84. The molecule has 0 saturated heterocycles. The van der Waals surface area contributed by atoms with Crippen LogP contribution in [0.3, 0.4) is 0 Å². The van der Waals surface area contributed by atoms with Crippen LogP contribution in [0.5, 0.6) is 0 Å². The van der Waals surface area contributed by atoms with E-state index in [4.69, 9.17) is 4.74 Å². The minimum absolute atomic E-state index is 0.0455. The van der Waals surface area contributed by atoms with E-state index in [2.05, 4.69) is 4.98 Å². The summed E-state index contributed by atoms with van der Waals surface area (Å²) in [4.78, 5) is 25.0. The van der Waals surface area contributed by atoms with E-state index in [-0.39, 0.29) is 11.7 Å². The predicted molar refractivity (Wildman–Crippen MR) is 59.4 cm³/mol.